The van der Waals surface area contributed by atoms with Gasteiger partial charge in [0.05, 0.1) is 18.9 Å². The quantitative estimate of drug-likeness (QED) is 0.162. The molecule has 0 fully saturated rings. The van der Waals surface area contributed by atoms with Crippen molar-refractivity contribution in [3.63, 3.8) is 0 Å². The van der Waals surface area contributed by atoms with E-state index in [-0.39, 0.29) is 6.42 Å². The number of carboxylic acid groups (broad SMARTS) is 3. The van der Waals surface area contributed by atoms with Gasteiger partial charge < -0.3 is 37.0 Å². The number of nitrogens with one attached hydrogen (secondary N) is 3. The second kappa shape index (κ2) is 13.6. The molecule has 1 aromatic rings. The number of benzene rings is 1. The highest BCUT2D eigenvalue weighted by Crippen LogP contribution is 2.07. The maximum atomic E-state index is 12.8. The Balaban J connectivity index is 2.98. The molecule has 192 valence electrons. The smallest absolute Gasteiger partial charge is 0.326 e. The van der Waals surface area contributed by atoms with Crippen LogP contribution in [0, 0.1) is 5.92 Å². The van der Waals surface area contributed by atoms with Crippen molar-refractivity contribution in [2.45, 2.75) is 57.3 Å². The standard InChI is InChI=1S/C22H30N4O9/c1-11(2)18(26-19(31)13(23)9-16(27)28)21(33)24-14(10-17(29)30)20(32)25-15(22(34)35)8-12-6-4-3-5-7-12/h3-7,11,13-15,18H,8-10,23H2,1-2H3,(H,24,33)(H,25,32)(H,26,31)(H,27,28)(H,29,30)(H,34,35). The first-order valence-corrected chi connectivity index (χ1v) is 10.7. The molecule has 0 spiro atoms. The zero-order valence-corrected chi connectivity index (χ0v) is 19.3. The largest absolute Gasteiger partial charge is 0.481 e. The lowest BCUT2D eigenvalue weighted by atomic mass is 10.0. The van der Waals surface area contributed by atoms with Crippen LogP contribution in [0.1, 0.15) is 32.3 Å². The molecule has 0 aliphatic rings. The number of hydrogen-bond acceptors (Lipinski definition) is 7. The van der Waals surface area contributed by atoms with Crippen LogP contribution in [-0.2, 0) is 35.2 Å². The van der Waals surface area contributed by atoms with Gasteiger partial charge in [-0.1, -0.05) is 44.2 Å². The van der Waals surface area contributed by atoms with Crippen LogP contribution in [0.25, 0.3) is 0 Å². The number of aliphatic carboxylic acids is 3. The van der Waals surface area contributed by atoms with Crippen LogP contribution in [0.5, 0.6) is 0 Å². The summed E-state index contributed by atoms with van der Waals surface area (Å²) in [5, 5.41) is 34.2. The van der Waals surface area contributed by atoms with E-state index >= 15 is 0 Å². The zero-order chi connectivity index (χ0) is 26.7. The summed E-state index contributed by atoms with van der Waals surface area (Å²) in [5.41, 5.74) is 6.12. The number of carboxylic acids is 3. The Morgan fingerprint density at radius 3 is 1.80 bits per heavy atom. The van der Waals surface area contributed by atoms with E-state index in [9.17, 15) is 39.0 Å². The Morgan fingerprint density at radius 2 is 1.31 bits per heavy atom. The minimum Gasteiger partial charge on any atom is -0.481 e. The number of hydrogen-bond donors (Lipinski definition) is 7. The summed E-state index contributed by atoms with van der Waals surface area (Å²) in [6, 6.07) is 2.66. The lowest BCUT2D eigenvalue weighted by Gasteiger charge is -2.26. The number of nitrogens with two attached hydrogens (primary N) is 1. The molecule has 1 rings (SSSR count). The maximum Gasteiger partial charge on any atom is 0.326 e. The molecule has 0 heterocycles. The lowest BCUT2D eigenvalue weighted by molar-refractivity contribution is -0.143. The number of carbonyl (C=O) groups is 6. The predicted molar refractivity (Wildman–Crippen MR) is 121 cm³/mol. The molecule has 0 radical (unpaired) electrons. The minimum absolute atomic E-state index is 0.0816. The molecular weight excluding hydrogens is 464 g/mol. The van der Waals surface area contributed by atoms with E-state index in [1.165, 1.54) is 0 Å². The summed E-state index contributed by atoms with van der Waals surface area (Å²) >= 11 is 0. The van der Waals surface area contributed by atoms with Gasteiger partial charge >= 0.3 is 17.9 Å². The molecule has 35 heavy (non-hydrogen) atoms. The van der Waals surface area contributed by atoms with E-state index in [0.29, 0.717) is 5.56 Å². The van der Waals surface area contributed by atoms with Crippen molar-refractivity contribution in [2.24, 2.45) is 11.7 Å². The van der Waals surface area contributed by atoms with Gasteiger partial charge in [0.25, 0.3) is 0 Å². The highest BCUT2D eigenvalue weighted by atomic mass is 16.4. The molecule has 0 bridgehead atoms. The van der Waals surface area contributed by atoms with E-state index in [4.69, 9.17) is 10.8 Å². The first kappa shape index (κ1) is 29.0. The van der Waals surface area contributed by atoms with Crippen molar-refractivity contribution in [3.8, 4) is 0 Å². The van der Waals surface area contributed by atoms with Crippen molar-refractivity contribution in [3.05, 3.63) is 35.9 Å². The van der Waals surface area contributed by atoms with Gasteiger partial charge in [0, 0.05) is 6.42 Å². The van der Waals surface area contributed by atoms with Crippen LogP contribution in [0.15, 0.2) is 30.3 Å². The van der Waals surface area contributed by atoms with Crippen molar-refractivity contribution in [1.29, 1.82) is 0 Å². The van der Waals surface area contributed by atoms with Crippen molar-refractivity contribution >= 4 is 35.6 Å². The molecule has 8 N–H and O–H groups in total. The fourth-order valence-corrected chi connectivity index (χ4v) is 3.04. The summed E-state index contributed by atoms with van der Waals surface area (Å²) in [6.45, 7) is 3.11. The summed E-state index contributed by atoms with van der Waals surface area (Å²) in [7, 11) is 0. The molecular formula is C22H30N4O9. The van der Waals surface area contributed by atoms with Gasteiger partial charge in [-0.05, 0) is 11.5 Å². The Hall–Kier alpha value is -4.00. The molecule has 0 saturated carbocycles. The number of carbonyl (C=O) groups excluding carboxylic acids is 3. The normalized spacial score (nSPS) is 14.2. The van der Waals surface area contributed by atoms with Crippen LogP contribution in [0.4, 0.5) is 0 Å². The summed E-state index contributed by atoms with van der Waals surface area (Å²) in [6.07, 6.45) is -1.62. The van der Waals surface area contributed by atoms with E-state index in [1.807, 2.05) is 0 Å². The SMILES string of the molecule is CC(C)C(NC(=O)C(N)CC(=O)O)C(=O)NC(CC(=O)O)C(=O)NC(Cc1ccccc1)C(=O)O. The monoisotopic (exact) mass is 494 g/mol. The van der Waals surface area contributed by atoms with Gasteiger partial charge in [-0.25, -0.2) is 4.79 Å². The second-order valence-corrected chi connectivity index (χ2v) is 8.18. The third-order valence-electron chi connectivity index (χ3n) is 4.89. The van der Waals surface area contributed by atoms with Crippen molar-refractivity contribution < 1.29 is 44.1 Å². The molecule has 0 saturated heterocycles. The molecule has 3 amide bonds. The van der Waals surface area contributed by atoms with Crippen LogP contribution in [0.3, 0.4) is 0 Å². The van der Waals surface area contributed by atoms with Crippen LogP contribution < -0.4 is 21.7 Å². The highest BCUT2D eigenvalue weighted by molar-refractivity contribution is 5.96. The second-order valence-electron chi connectivity index (χ2n) is 8.18. The van der Waals surface area contributed by atoms with E-state index in [2.05, 4.69) is 16.0 Å². The van der Waals surface area contributed by atoms with Gasteiger partial charge in [0.1, 0.15) is 18.1 Å². The molecule has 1 aromatic carbocycles. The molecule has 13 nitrogen and oxygen atoms in total. The average molecular weight is 495 g/mol. The van der Waals surface area contributed by atoms with Crippen molar-refractivity contribution in [2.75, 3.05) is 0 Å². The molecule has 13 heteroatoms. The van der Waals surface area contributed by atoms with Crippen LogP contribution in [-0.4, -0.2) is 75.1 Å². The Kier molecular flexibility index (Phi) is 11.3. The Bertz CT molecular complexity index is 936. The first-order chi connectivity index (χ1) is 16.3. The van der Waals surface area contributed by atoms with Gasteiger partial charge in [-0.3, -0.25) is 24.0 Å². The number of rotatable bonds is 14. The van der Waals surface area contributed by atoms with E-state index in [0.717, 1.165) is 0 Å². The number of amides is 3. The minimum atomic E-state index is -1.65. The summed E-state index contributed by atoms with van der Waals surface area (Å²) in [5.74, 6) is -7.55. The van der Waals surface area contributed by atoms with Crippen molar-refractivity contribution in [1.82, 2.24) is 16.0 Å². The van der Waals surface area contributed by atoms with Gasteiger partial charge in [-0.15, -0.1) is 0 Å². The summed E-state index contributed by atoms with van der Waals surface area (Å²) in [4.78, 5) is 71.4. The first-order valence-electron chi connectivity index (χ1n) is 10.7. The molecule has 4 unspecified atom stereocenters. The molecule has 0 aliphatic carbocycles. The predicted octanol–water partition coefficient (Wildman–Crippen LogP) is -1.30. The highest BCUT2D eigenvalue weighted by Gasteiger charge is 2.33. The molecule has 0 aliphatic heterocycles. The van der Waals surface area contributed by atoms with E-state index in [1.54, 1.807) is 44.2 Å². The summed E-state index contributed by atoms with van der Waals surface area (Å²) < 4.78 is 0. The topological polar surface area (TPSA) is 225 Å². The van der Waals surface area contributed by atoms with Crippen LogP contribution in [0.2, 0.25) is 0 Å². The van der Waals surface area contributed by atoms with Gasteiger partial charge in [0.15, 0.2) is 0 Å². The molecule has 4 atom stereocenters. The average Bonchev–Trinajstić information content (AvgIpc) is 2.75. The fourth-order valence-electron chi connectivity index (χ4n) is 3.04. The Labute approximate surface area is 201 Å². The molecule has 0 aromatic heterocycles. The third-order valence-corrected chi connectivity index (χ3v) is 4.89. The zero-order valence-electron chi connectivity index (χ0n) is 19.3. The fraction of sp³-hybridized carbons (Fsp3) is 0.455. The maximum absolute atomic E-state index is 12.8. The van der Waals surface area contributed by atoms with Gasteiger partial charge in [-0.2, -0.15) is 0 Å². The van der Waals surface area contributed by atoms with E-state index < -0.39 is 78.6 Å². The third kappa shape index (κ3) is 10.2. The lowest BCUT2D eigenvalue weighted by Crippen LogP contribution is -2.59. The Morgan fingerprint density at radius 1 is 0.771 bits per heavy atom. The van der Waals surface area contributed by atoms with Crippen LogP contribution >= 0.6 is 0 Å². The van der Waals surface area contributed by atoms with Gasteiger partial charge in [0.2, 0.25) is 17.7 Å².